The molecule has 0 radical (unpaired) electrons. The van der Waals surface area contributed by atoms with Crippen molar-refractivity contribution in [2.24, 2.45) is 0 Å². The fourth-order valence-electron chi connectivity index (χ4n) is 9.02. The Hall–Kier alpha value is -8.79. The predicted molar refractivity (Wildman–Crippen MR) is 297 cm³/mol. The second-order valence-electron chi connectivity index (χ2n) is 18.4. The standard InChI is InChI=1S/C29H27N3O6S.C17H12FNO4S.C12H16N2O2/c33-29(38-20-22-7-2-1-3-8-22)31-17-15-30(16-18-31)25-13-14-27(32(34)35)24(19-25)21-39(36,37)28-12-6-10-23-9-4-5-11-26(23)28;18-14-8-9-16(19(20)21)13(10-14)11-24(22,23)17-7-3-5-12-4-1-2-6-15(12)17;15-12(14-8-6-13-7-9-14)16-10-11-4-2-1-3-5-11/h1-14,19H,15-18,20-21H2;1-10H,11H2;1-5,13H,6-10H2. The Morgan fingerprint density at radius 2 is 0.924 bits per heavy atom. The van der Waals surface area contributed by atoms with E-state index in [4.69, 9.17) is 9.47 Å². The van der Waals surface area contributed by atoms with Crippen LogP contribution in [0.1, 0.15) is 22.3 Å². The molecule has 2 fully saturated rings. The van der Waals surface area contributed by atoms with Gasteiger partial charge in [-0.25, -0.2) is 30.8 Å². The predicted octanol–water partition coefficient (Wildman–Crippen LogP) is 10.3. The van der Waals surface area contributed by atoms with E-state index in [1.165, 1.54) is 18.2 Å². The third-order valence-corrected chi connectivity index (χ3v) is 16.5. The second-order valence-corrected chi connectivity index (χ2v) is 22.3. The van der Waals surface area contributed by atoms with Crippen LogP contribution in [0.2, 0.25) is 0 Å². The van der Waals surface area contributed by atoms with Gasteiger partial charge < -0.3 is 29.5 Å². The largest absolute Gasteiger partial charge is 0.445 e. The molecule has 0 aromatic heterocycles. The summed E-state index contributed by atoms with van der Waals surface area (Å²) in [7, 11) is -7.77. The summed E-state index contributed by atoms with van der Waals surface area (Å²) in [6.07, 6.45) is -0.616. The molecule has 2 amide bonds. The minimum Gasteiger partial charge on any atom is -0.445 e. The SMILES string of the molecule is O=C(OCc1ccccc1)N1CCN(c2ccc([N+](=O)[O-])c(CS(=O)(=O)c3cccc4ccccc34)c2)CC1.O=C(OCc1ccccc1)N1CCNCC1.O=[N+]([O-])c1ccc(F)cc1CS(=O)(=O)c1cccc2ccccc12. The smallest absolute Gasteiger partial charge is 0.410 e. The number of hydrogen-bond donors (Lipinski definition) is 1. The number of carbonyl (C=O) groups is 2. The van der Waals surface area contributed by atoms with Crippen LogP contribution in [0.5, 0.6) is 0 Å². The molecule has 0 atom stereocenters. The lowest BCUT2D eigenvalue weighted by atomic mass is 10.1. The summed E-state index contributed by atoms with van der Waals surface area (Å²) in [6.45, 7) is 5.48. The van der Waals surface area contributed by atoms with Gasteiger partial charge in [0.1, 0.15) is 19.0 Å². The molecule has 10 rings (SSSR count). The number of halogens is 1. The monoisotopic (exact) mass is 1110 g/mol. The lowest BCUT2D eigenvalue weighted by Crippen LogP contribution is -2.49. The topological polar surface area (TPSA) is 229 Å². The number of amides is 2. The maximum Gasteiger partial charge on any atom is 0.410 e. The number of nitro groups is 2. The maximum absolute atomic E-state index is 13.5. The van der Waals surface area contributed by atoms with E-state index in [1.807, 2.05) is 83.8 Å². The highest BCUT2D eigenvalue weighted by Crippen LogP contribution is 2.33. The number of nitro benzene ring substituents is 2. The maximum atomic E-state index is 13.5. The van der Waals surface area contributed by atoms with E-state index < -0.39 is 58.6 Å². The molecule has 8 aromatic rings. The first-order valence-corrected chi connectivity index (χ1v) is 28.3. The third-order valence-electron chi connectivity index (χ3n) is 13.0. The number of fused-ring (bicyclic) bond motifs is 2. The Kier molecular flexibility index (Phi) is 18.6. The van der Waals surface area contributed by atoms with Gasteiger partial charge in [-0.05, 0) is 58.3 Å². The summed E-state index contributed by atoms with van der Waals surface area (Å²) in [5.41, 5.74) is 1.88. The number of piperazine rings is 2. The molecule has 0 aliphatic carbocycles. The van der Waals surface area contributed by atoms with Crippen LogP contribution in [0.3, 0.4) is 0 Å². The Morgan fingerprint density at radius 1 is 0.506 bits per heavy atom. The fraction of sp³-hybridized carbons (Fsp3) is 0.207. The summed E-state index contributed by atoms with van der Waals surface area (Å²) in [6, 6.07) is 50.5. The molecule has 2 heterocycles. The van der Waals surface area contributed by atoms with E-state index in [0.29, 0.717) is 49.2 Å². The molecule has 21 heteroatoms. The van der Waals surface area contributed by atoms with Gasteiger partial charge in [0.25, 0.3) is 11.4 Å². The van der Waals surface area contributed by atoms with Gasteiger partial charge in [-0.3, -0.25) is 20.2 Å². The molecule has 0 spiro atoms. The van der Waals surface area contributed by atoms with E-state index in [-0.39, 0.29) is 39.3 Å². The number of sulfone groups is 2. The van der Waals surface area contributed by atoms with Gasteiger partial charge in [0.15, 0.2) is 19.7 Å². The lowest BCUT2D eigenvalue weighted by molar-refractivity contribution is -0.385. The van der Waals surface area contributed by atoms with E-state index in [1.54, 1.807) is 76.5 Å². The molecule has 8 aromatic carbocycles. The zero-order valence-corrected chi connectivity index (χ0v) is 44.3. The van der Waals surface area contributed by atoms with Gasteiger partial charge in [0.2, 0.25) is 0 Å². The first-order chi connectivity index (χ1) is 38.1. The molecule has 2 aliphatic rings. The van der Waals surface area contributed by atoms with E-state index in [2.05, 4.69) is 5.32 Å². The molecule has 0 unspecified atom stereocenters. The first kappa shape index (κ1) is 56.4. The van der Waals surface area contributed by atoms with Crippen LogP contribution >= 0.6 is 0 Å². The molecule has 0 bridgehead atoms. The third kappa shape index (κ3) is 14.8. The molecule has 1 N–H and O–H groups in total. The zero-order valence-electron chi connectivity index (χ0n) is 42.6. The Balaban J connectivity index is 0.000000174. The fourth-order valence-corrected chi connectivity index (χ4v) is 12.2. The zero-order chi connectivity index (χ0) is 55.9. The van der Waals surface area contributed by atoms with Gasteiger partial charge in [-0.1, -0.05) is 133 Å². The van der Waals surface area contributed by atoms with Gasteiger partial charge in [-0.15, -0.1) is 0 Å². The van der Waals surface area contributed by atoms with Crippen molar-refractivity contribution < 1.29 is 50.1 Å². The number of rotatable bonds is 13. The van der Waals surface area contributed by atoms with Crippen molar-refractivity contribution in [3.05, 3.63) is 230 Å². The summed E-state index contributed by atoms with van der Waals surface area (Å²) in [5.74, 6) is -1.87. The van der Waals surface area contributed by atoms with Crippen LogP contribution in [-0.4, -0.2) is 101 Å². The number of nitrogens with one attached hydrogen (secondary N) is 1. The van der Waals surface area contributed by atoms with Crippen molar-refractivity contribution in [3.63, 3.8) is 0 Å². The van der Waals surface area contributed by atoms with Crippen molar-refractivity contribution in [1.82, 2.24) is 15.1 Å². The molecule has 408 valence electrons. The molecule has 79 heavy (non-hydrogen) atoms. The van der Waals surface area contributed by atoms with Crippen molar-refractivity contribution >= 4 is 70.5 Å². The van der Waals surface area contributed by atoms with Crippen LogP contribution in [0.4, 0.5) is 31.0 Å². The molecular weight excluding hydrogens is 1060 g/mol. The van der Waals surface area contributed by atoms with Crippen LogP contribution in [0, 0.1) is 26.0 Å². The summed E-state index contributed by atoms with van der Waals surface area (Å²) in [4.78, 5) is 51.3. The molecule has 0 saturated carbocycles. The van der Waals surface area contributed by atoms with E-state index in [9.17, 15) is 51.0 Å². The minimum atomic E-state index is -3.89. The number of hydrogen-bond acceptors (Lipinski definition) is 14. The van der Waals surface area contributed by atoms with Crippen LogP contribution < -0.4 is 10.2 Å². The minimum absolute atomic E-state index is 0.0687. The normalized spacial score (nSPS) is 13.6. The Bertz CT molecular complexity index is 3680. The Morgan fingerprint density at radius 3 is 1.41 bits per heavy atom. The van der Waals surface area contributed by atoms with Gasteiger partial charge in [-0.2, -0.15) is 0 Å². The average Bonchev–Trinajstić information content (AvgIpc) is 3.49. The van der Waals surface area contributed by atoms with Crippen LogP contribution in [0.15, 0.2) is 192 Å². The van der Waals surface area contributed by atoms with Gasteiger partial charge >= 0.3 is 12.2 Å². The summed E-state index contributed by atoms with van der Waals surface area (Å²) < 4.78 is 76.5. The van der Waals surface area contributed by atoms with Crippen molar-refractivity contribution in [2.45, 2.75) is 34.5 Å². The van der Waals surface area contributed by atoms with E-state index >= 15 is 0 Å². The Labute approximate surface area is 455 Å². The molecule has 2 saturated heterocycles. The molecule has 2 aliphatic heterocycles. The second kappa shape index (κ2) is 26.0. The molecular formula is C58H55FN6O12S2. The average molecular weight is 1110 g/mol. The van der Waals surface area contributed by atoms with Gasteiger partial charge in [0, 0.05) is 92.1 Å². The quantitative estimate of drug-likeness (QED) is 0.0837. The van der Waals surface area contributed by atoms with Crippen molar-refractivity contribution in [1.29, 1.82) is 0 Å². The molecule has 18 nitrogen and oxygen atoms in total. The first-order valence-electron chi connectivity index (χ1n) is 25.0. The highest BCUT2D eigenvalue weighted by atomic mass is 32.2. The van der Waals surface area contributed by atoms with E-state index in [0.717, 1.165) is 66.3 Å². The van der Waals surface area contributed by atoms with Crippen molar-refractivity contribution in [3.8, 4) is 0 Å². The van der Waals surface area contributed by atoms with Crippen LogP contribution in [-0.2, 0) is 53.9 Å². The lowest BCUT2D eigenvalue weighted by Gasteiger charge is -2.35. The van der Waals surface area contributed by atoms with Crippen molar-refractivity contribution in [2.75, 3.05) is 57.3 Å². The number of carbonyl (C=O) groups excluding carboxylic acids is 2. The van der Waals surface area contributed by atoms with Gasteiger partial charge in [0.05, 0.1) is 31.1 Å². The summed E-state index contributed by atoms with van der Waals surface area (Å²) in [5, 5.41) is 28.6. The number of anilines is 1. The number of nitrogens with zero attached hydrogens (tertiary/aromatic N) is 5. The highest BCUT2D eigenvalue weighted by Gasteiger charge is 2.28. The number of ether oxygens (including phenoxy) is 2. The van der Waals surface area contributed by atoms with Crippen LogP contribution in [0.25, 0.3) is 21.5 Å². The number of benzene rings is 8. The summed E-state index contributed by atoms with van der Waals surface area (Å²) >= 11 is 0. The highest BCUT2D eigenvalue weighted by molar-refractivity contribution is 7.91.